The number of rotatable bonds is 5. The summed E-state index contributed by atoms with van der Waals surface area (Å²) in [4.78, 5) is 13.9. The number of ether oxygens (including phenoxy) is 2. The largest absolute Gasteiger partial charge is 0.497 e. The average Bonchev–Trinajstić information content (AvgIpc) is 2.66. The third-order valence-electron chi connectivity index (χ3n) is 8.02. The molecule has 0 aromatic heterocycles. The van der Waals surface area contributed by atoms with Gasteiger partial charge in [0.15, 0.2) is 5.78 Å². The summed E-state index contributed by atoms with van der Waals surface area (Å²) in [6.45, 7) is 10.0. The van der Waals surface area contributed by atoms with Crippen molar-refractivity contribution in [1.29, 1.82) is 0 Å². The van der Waals surface area contributed by atoms with Crippen molar-refractivity contribution in [3.8, 4) is 11.5 Å². The predicted molar refractivity (Wildman–Crippen MR) is 113 cm³/mol. The molecule has 0 amide bonds. The monoisotopic (exact) mass is 387 g/mol. The van der Waals surface area contributed by atoms with E-state index in [9.17, 15) is 4.79 Å². The average molecular weight is 388 g/mol. The van der Waals surface area contributed by atoms with Gasteiger partial charge in [0.1, 0.15) is 11.5 Å². The Morgan fingerprint density at radius 3 is 2.25 bits per heavy atom. The minimum Gasteiger partial charge on any atom is -0.497 e. The summed E-state index contributed by atoms with van der Waals surface area (Å²) in [7, 11) is 3.25. The summed E-state index contributed by atoms with van der Waals surface area (Å²) in [6.07, 6.45) is 4.66. The highest BCUT2D eigenvalue weighted by Crippen LogP contribution is 2.62. The number of hydrogen-bond donors (Lipinski definition) is 1. The van der Waals surface area contributed by atoms with Gasteiger partial charge in [0.2, 0.25) is 0 Å². The van der Waals surface area contributed by atoms with E-state index in [0.717, 1.165) is 12.8 Å². The normalized spacial score (nSPS) is 34.4. The lowest BCUT2D eigenvalue weighted by Gasteiger charge is -2.60. The van der Waals surface area contributed by atoms with Gasteiger partial charge in [0.25, 0.3) is 0 Å². The Morgan fingerprint density at radius 2 is 1.71 bits per heavy atom. The van der Waals surface area contributed by atoms with Crippen molar-refractivity contribution in [3.05, 3.63) is 23.8 Å². The first-order valence-corrected chi connectivity index (χ1v) is 10.6. The smallest absolute Gasteiger partial charge is 0.167 e. The molecule has 2 aliphatic carbocycles. The van der Waals surface area contributed by atoms with Crippen LogP contribution in [0.25, 0.3) is 0 Å². The van der Waals surface area contributed by atoms with Gasteiger partial charge in [-0.3, -0.25) is 4.79 Å². The van der Waals surface area contributed by atoms with Crippen LogP contribution in [-0.4, -0.2) is 26.5 Å². The first-order chi connectivity index (χ1) is 13.2. The Bertz CT molecular complexity index is 706. The molecule has 0 saturated heterocycles. The van der Waals surface area contributed by atoms with Crippen LogP contribution in [-0.2, 0) is 0 Å². The summed E-state index contributed by atoms with van der Waals surface area (Å²) < 4.78 is 10.8. The second-order valence-corrected chi connectivity index (χ2v) is 9.93. The van der Waals surface area contributed by atoms with E-state index >= 15 is 0 Å². The molecule has 0 radical (unpaired) electrons. The molecular formula is C24H37NO3. The summed E-state index contributed by atoms with van der Waals surface area (Å²) >= 11 is 0. The highest BCUT2D eigenvalue weighted by atomic mass is 16.5. The van der Waals surface area contributed by atoms with Crippen LogP contribution < -0.4 is 15.2 Å². The van der Waals surface area contributed by atoms with Gasteiger partial charge < -0.3 is 15.2 Å². The summed E-state index contributed by atoms with van der Waals surface area (Å²) in [5.74, 6) is 2.67. The van der Waals surface area contributed by atoms with Gasteiger partial charge in [0.05, 0.1) is 14.2 Å². The molecule has 156 valence electrons. The second kappa shape index (κ2) is 7.70. The number of carbonyl (C=O) groups excluding carboxylic acids is 1. The molecular weight excluding hydrogens is 350 g/mol. The molecule has 0 aliphatic heterocycles. The van der Waals surface area contributed by atoms with Crippen LogP contribution in [0.15, 0.2) is 18.2 Å². The number of carbonyl (C=O) groups is 1. The highest BCUT2D eigenvalue weighted by molar-refractivity contribution is 5.99. The van der Waals surface area contributed by atoms with E-state index in [2.05, 4.69) is 27.7 Å². The topological polar surface area (TPSA) is 61.5 Å². The molecule has 1 aromatic rings. The van der Waals surface area contributed by atoms with Crippen molar-refractivity contribution in [2.24, 2.45) is 40.2 Å². The fourth-order valence-electron chi connectivity index (χ4n) is 6.50. The maximum atomic E-state index is 13.9. The minimum atomic E-state index is -0.0313. The molecule has 2 N–H and O–H groups in total. The second-order valence-electron chi connectivity index (χ2n) is 9.93. The molecule has 2 aliphatic rings. The van der Waals surface area contributed by atoms with E-state index in [-0.39, 0.29) is 28.4 Å². The van der Waals surface area contributed by atoms with Crippen molar-refractivity contribution >= 4 is 5.78 Å². The lowest BCUT2D eigenvalue weighted by Crippen LogP contribution is -2.56. The van der Waals surface area contributed by atoms with Crippen molar-refractivity contribution in [3.63, 3.8) is 0 Å². The number of hydrogen-bond acceptors (Lipinski definition) is 4. The summed E-state index contributed by atoms with van der Waals surface area (Å²) in [5, 5.41) is 0. The van der Waals surface area contributed by atoms with Gasteiger partial charge in [0, 0.05) is 17.5 Å². The number of methoxy groups -OCH3 is 2. The number of benzene rings is 1. The fraction of sp³-hybridized carbons (Fsp3) is 0.708. The highest BCUT2D eigenvalue weighted by Gasteiger charge is 2.58. The van der Waals surface area contributed by atoms with Gasteiger partial charge in [-0.15, -0.1) is 0 Å². The van der Waals surface area contributed by atoms with Crippen LogP contribution in [0.5, 0.6) is 11.5 Å². The van der Waals surface area contributed by atoms with Gasteiger partial charge in [-0.05, 0) is 66.5 Å². The van der Waals surface area contributed by atoms with E-state index in [0.29, 0.717) is 35.4 Å². The Labute approximate surface area is 170 Å². The molecule has 0 bridgehead atoms. The number of nitrogens with two attached hydrogens (primary N) is 1. The molecule has 3 rings (SSSR count). The third-order valence-corrected chi connectivity index (χ3v) is 8.02. The standard InChI is InChI=1S/C24H37NO3/c1-15-17(14-25)12-20-23(2,3)8-7-9-24(20,4)21(15)22(26)16-10-18(27-5)13-19(11-16)28-6/h10-11,13,15,17,20-21H,7-9,12,14,25H2,1-6H3. The van der Waals surface area contributed by atoms with Crippen molar-refractivity contribution < 1.29 is 14.3 Å². The fourth-order valence-corrected chi connectivity index (χ4v) is 6.50. The van der Waals surface area contributed by atoms with Crippen LogP contribution in [0.1, 0.15) is 63.7 Å². The van der Waals surface area contributed by atoms with Gasteiger partial charge >= 0.3 is 0 Å². The Kier molecular flexibility index (Phi) is 5.82. The lowest BCUT2D eigenvalue weighted by atomic mass is 9.44. The Balaban J connectivity index is 2.07. The molecule has 2 fully saturated rings. The molecule has 5 atom stereocenters. The zero-order chi connectivity index (χ0) is 20.7. The van der Waals surface area contributed by atoms with Crippen molar-refractivity contribution in [2.45, 2.75) is 53.4 Å². The Morgan fingerprint density at radius 1 is 1.11 bits per heavy atom. The van der Waals surface area contributed by atoms with E-state index in [4.69, 9.17) is 15.2 Å². The zero-order valence-electron chi connectivity index (χ0n) is 18.4. The van der Waals surface area contributed by atoms with Crippen LogP contribution in [0.4, 0.5) is 0 Å². The molecule has 1 aromatic carbocycles. The van der Waals surface area contributed by atoms with Gasteiger partial charge in [-0.2, -0.15) is 0 Å². The first-order valence-electron chi connectivity index (χ1n) is 10.6. The van der Waals surface area contributed by atoms with E-state index in [1.807, 2.05) is 18.2 Å². The molecule has 4 heteroatoms. The van der Waals surface area contributed by atoms with Crippen LogP contribution >= 0.6 is 0 Å². The third kappa shape index (κ3) is 3.45. The molecule has 5 unspecified atom stereocenters. The SMILES string of the molecule is COc1cc(OC)cc(C(=O)C2C(C)C(CN)CC3C(C)(C)CCCC23C)c1. The van der Waals surface area contributed by atoms with E-state index in [1.54, 1.807) is 14.2 Å². The maximum absolute atomic E-state index is 13.9. The van der Waals surface area contributed by atoms with E-state index in [1.165, 1.54) is 12.8 Å². The molecule has 28 heavy (non-hydrogen) atoms. The molecule has 4 nitrogen and oxygen atoms in total. The van der Waals surface area contributed by atoms with Gasteiger partial charge in [-0.25, -0.2) is 0 Å². The zero-order valence-corrected chi connectivity index (χ0v) is 18.4. The van der Waals surface area contributed by atoms with E-state index < -0.39 is 0 Å². The van der Waals surface area contributed by atoms with Crippen molar-refractivity contribution in [2.75, 3.05) is 20.8 Å². The van der Waals surface area contributed by atoms with Gasteiger partial charge in [-0.1, -0.05) is 34.1 Å². The quantitative estimate of drug-likeness (QED) is 0.726. The van der Waals surface area contributed by atoms with Crippen LogP contribution in [0.2, 0.25) is 0 Å². The number of Topliss-reactive ketones (excluding diaryl/α,β-unsaturated/α-hetero) is 1. The lowest BCUT2D eigenvalue weighted by molar-refractivity contribution is -0.0998. The molecule has 0 spiro atoms. The maximum Gasteiger partial charge on any atom is 0.167 e. The first kappa shape index (κ1) is 21.2. The molecule has 0 heterocycles. The predicted octanol–water partition coefficient (Wildman–Crippen LogP) is 4.95. The minimum absolute atomic E-state index is 0.000230. The van der Waals surface area contributed by atoms with Crippen LogP contribution in [0.3, 0.4) is 0 Å². The number of ketones is 1. The summed E-state index contributed by atoms with van der Waals surface area (Å²) in [5.41, 5.74) is 7.12. The van der Waals surface area contributed by atoms with Crippen molar-refractivity contribution in [1.82, 2.24) is 0 Å². The summed E-state index contributed by atoms with van der Waals surface area (Å²) in [6, 6.07) is 5.53. The number of fused-ring (bicyclic) bond motifs is 1. The Hall–Kier alpha value is -1.55. The molecule has 2 saturated carbocycles. The van der Waals surface area contributed by atoms with Crippen LogP contribution in [0, 0.1) is 34.5 Å².